The molecule has 6 heteroatoms. The number of likely N-dealkylation sites (tertiary alicyclic amines) is 1. The van der Waals surface area contributed by atoms with Crippen molar-refractivity contribution in [3.63, 3.8) is 0 Å². The molecule has 1 amide bonds. The van der Waals surface area contributed by atoms with Crippen LogP contribution in [-0.4, -0.2) is 35.4 Å². The third-order valence-corrected chi connectivity index (χ3v) is 3.85. The Hall–Kier alpha value is -1.53. The molecular weight excluding hydrogens is 277 g/mol. The number of thiocarbonyl (C=S) groups is 1. The smallest absolute Gasteiger partial charge is 0.237 e. The summed E-state index contributed by atoms with van der Waals surface area (Å²) in [6.45, 7) is 1.18. The van der Waals surface area contributed by atoms with E-state index in [-0.39, 0.29) is 22.8 Å². The number of carbonyl (C=O) groups excluding carboxylic acids is 1. The molecule has 1 fully saturated rings. The predicted octanol–water partition coefficient (Wildman–Crippen LogP) is 1.17. The average Bonchev–Trinajstić information content (AvgIpc) is 2.88. The first-order chi connectivity index (χ1) is 9.52. The molecule has 2 rings (SSSR count). The van der Waals surface area contributed by atoms with Crippen molar-refractivity contribution < 1.29 is 9.18 Å². The maximum atomic E-state index is 13.9. The molecule has 1 heterocycles. The predicted molar refractivity (Wildman–Crippen MR) is 79.8 cm³/mol. The van der Waals surface area contributed by atoms with Crippen molar-refractivity contribution in [3.05, 3.63) is 35.1 Å². The van der Waals surface area contributed by atoms with E-state index in [0.29, 0.717) is 17.7 Å². The summed E-state index contributed by atoms with van der Waals surface area (Å²) in [4.78, 5) is 14.0. The highest BCUT2D eigenvalue weighted by atomic mass is 32.1. The zero-order valence-corrected chi connectivity index (χ0v) is 12.2. The maximum absolute atomic E-state index is 13.9. The fourth-order valence-corrected chi connectivity index (χ4v) is 2.67. The minimum absolute atomic E-state index is 0.0200. The second-order valence-corrected chi connectivity index (χ2v) is 5.35. The van der Waals surface area contributed by atoms with Crippen LogP contribution in [0.15, 0.2) is 18.2 Å². The summed E-state index contributed by atoms with van der Waals surface area (Å²) in [5, 5.41) is 2.65. The van der Waals surface area contributed by atoms with Gasteiger partial charge in [0.15, 0.2) is 0 Å². The van der Waals surface area contributed by atoms with Crippen LogP contribution in [0, 0.1) is 5.82 Å². The maximum Gasteiger partial charge on any atom is 0.237 e. The SMILES string of the molecule is CNC(=O)C1CCCN1Cc1cc(C(N)=S)ccc1F. The fraction of sp³-hybridized carbons (Fsp3) is 0.429. The van der Waals surface area contributed by atoms with Crippen molar-refractivity contribution in [3.8, 4) is 0 Å². The lowest BCUT2D eigenvalue weighted by Gasteiger charge is -2.23. The number of rotatable bonds is 4. The van der Waals surface area contributed by atoms with Crippen LogP contribution in [0.25, 0.3) is 0 Å². The van der Waals surface area contributed by atoms with Crippen LogP contribution in [0.4, 0.5) is 4.39 Å². The minimum Gasteiger partial charge on any atom is -0.389 e. The molecule has 0 saturated carbocycles. The lowest BCUT2D eigenvalue weighted by atomic mass is 10.1. The Bertz CT molecular complexity index is 535. The van der Waals surface area contributed by atoms with Crippen LogP contribution in [-0.2, 0) is 11.3 Å². The first-order valence-corrected chi connectivity index (χ1v) is 6.97. The largest absolute Gasteiger partial charge is 0.389 e. The molecular formula is C14H18FN3OS. The van der Waals surface area contributed by atoms with Crippen LogP contribution in [0.1, 0.15) is 24.0 Å². The summed E-state index contributed by atoms with van der Waals surface area (Å²) in [6.07, 6.45) is 1.74. The van der Waals surface area contributed by atoms with E-state index in [1.807, 2.05) is 4.90 Å². The molecule has 1 aliphatic rings. The fourth-order valence-electron chi connectivity index (χ4n) is 2.55. The number of nitrogens with one attached hydrogen (secondary N) is 1. The highest BCUT2D eigenvalue weighted by molar-refractivity contribution is 7.80. The number of amides is 1. The first-order valence-electron chi connectivity index (χ1n) is 6.57. The van der Waals surface area contributed by atoms with E-state index in [9.17, 15) is 9.18 Å². The highest BCUT2D eigenvalue weighted by Crippen LogP contribution is 2.22. The van der Waals surface area contributed by atoms with Gasteiger partial charge in [-0.1, -0.05) is 12.2 Å². The van der Waals surface area contributed by atoms with Gasteiger partial charge in [-0.15, -0.1) is 0 Å². The molecule has 0 radical (unpaired) electrons. The van der Waals surface area contributed by atoms with Crippen LogP contribution >= 0.6 is 12.2 Å². The van der Waals surface area contributed by atoms with Crippen LogP contribution in [0.5, 0.6) is 0 Å². The molecule has 0 aliphatic carbocycles. The molecule has 4 nitrogen and oxygen atoms in total. The van der Waals surface area contributed by atoms with Gasteiger partial charge in [0.05, 0.1) is 6.04 Å². The zero-order chi connectivity index (χ0) is 14.7. The van der Waals surface area contributed by atoms with Crippen molar-refractivity contribution in [1.82, 2.24) is 10.2 Å². The van der Waals surface area contributed by atoms with Gasteiger partial charge in [-0.25, -0.2) is 4.39 Å². The van der Waals surface area contributed by atoms with Crippen LogP contribution in [0.3, 0.4) is 0 Å². The number of halogens is 1. The second-order valence-electron chi connectivity index (χ2n) is 4.91. The Morgan fingerprint density at radius 3 is 3.00 bits per heavy atom. The molecule has 1 aliphatic heterocycles. The molecule has 0 bridgehead atoms. The molecule has 1 aromatic rings. The van der Waals surface area contributed by atoms with E-state index in [4.69, 9.17) is 18.0 Å². The normalized spacial score (nSPS) is 19.0. The van der Waals surface area contributed by atoms with Gasteiger partial charge in [0.2, 0.25) is 5.91 Å². The number of likely N-dealkylation sites (N-methyl/N-ethyl adjacent to an activating group) is 1. The minimum atomic E-state index is -0.299. The second kappa shape index (κ2) is 6.28. The summed E-state index contributed by atoms with van der Waals surface area (Å²) >= 11 is 4.91. The molecule has 1 unspecified atom stereocenters. The molecule has 1 aromatic carbocycles. The van der Waals surface area contributed by atoms with E-state index in [1.54, 1.807) is 19.2 Å². The average molecular weight is 295 g/mol. The molecule has 0 aromatic heterocycles. The Morgan fingerprint density at radius 2 is 2.35 bits per heavy atom. The first kappa shape index (κ1) is 14.9. The summed E-state index contributed by atoms with van der Waals surface area (Å²) < 4.78 is 13.9. The number of hydrogen-bond acceptors (Lipinski definition) is 3. The van der Waals surface area contributed by atoms with Gasteiger partial charge in [0.25, 0.3) is 0 Å². The summed E-state index contributed by atoms with van der Waals surface area (Å²) in [6, 6.07) is 4.42. The van der Waals surface area contributed by atoms with Gasteiger partial charge >= 0.3 is 0 Å². The van der Waals surface area contributed by atoms with Gasteiger partial charge in [-0.05, 0) is 37.6 Å². The topological polar surface area (TPSA) is 58.4 Å². The van der Waals surface area contributed by atoms with Crippen molar-refractivity contribution in [1.29, 1.82) is 0 Å². The zero-order valence-electron chi connectivity index (χ0n) is 11.4. The third-order valence-electron chi connectivity index (χ3n) is 3.62. The van der Waals surface area contributed by atoms with Gasteiger partial charge in [0, 0.05) is 24.7 Å². The summed E-state index contributed by atoms with van der Waals surface area (Å²) in [7, 11) is 1.62. The molecule has 1 saturated heterocycles. The van der Waals surface area contributed by atoms with E-state index in [0.717, 1.165) is 19.4 Å². The van der Waals surface area contributed by atoms with Gasteiger partial charge in [0.1, 0.15) is 10.8 Å². The van der Waals surface area contributed by atoms with E-state index in [1.165, 1.54) is 6.07 Å². The Morgan fingerprint density at radius 1 is 1.60 bits per heavy atom. The Balaban J connectivity index is 2.18. The van der Waals surface area contributed by atoms with Crippen molar-refractivity contribution in [2.24, 2.45) is 5.73 Å². The summed E-state index contributed by atoms with van der Waals surface area (Å²) in [5.74, 6) is -0.319. The molecule has 108 valence electrons. The quantitative estimate of drug-likeness (QED) is 0.819. The lowest BCUT2D eigenvalue weighted by molar-refractivity contribution is -0.125. The van der Waals surface area contributed by atoms with Crippen molar-refractivity contribution >= 4 is 23.1 Å². The third kappa shape index (κ3) is 3.13. The van der Waals surface area contributed by atoms with E-state index in [2.05, 4.69) is 5.32 Å². The lowest BCUT2D eigenvalue weighted by Crippen LogP contribution is -2.41. The Kier molecular flexibility index (Phi) is 4.67. The number of nitrogens with zero attached hydrogens (tertiary/aromatic N) is 1. The van der Waals surface area contributed by atoms with Gasteiger partial charge in [-0.2, -0.15) is 0 Å². The number of benzene rings is 1. The Labute approximate surface area is 123 Å². The number of carbonyl (C=O) groups is 1. The number of hydrogen-bond donors (Lipinski definition) is 2. The highest BCUT2D eigenvalue weighted by Gasteiger charge is 2.30. The molecule has 1 atom stereocenters. The molecule has 3 N–H and O–H groups in total. The van der Waals surface area contributed by atoms with Crippen LogP contribution < -0.4 is 11.1 Å². The standard InChI is InChI=1S/C14H18FN3OS/c1-17-14(19)12-3-2-6-18(12)8-10-7-9(13(16)20)4-5-11(10)15/h4-5,7,12H,2-3,6,8H2,1H3,(H2,16,20)(H,17,19). The van der Waals surface area contributed by atoms with E-state index >= 15 is 0 Å². The van der Waals surface area contributed by atoms with Crippen molar-refractivity contribution in [2.75, 3.05) is 13.6 Å². The summed E-state index contributed by atoms with van der Waals surface area (Å²) in [5.41, 5.74) is 6.73. The molecule has 20 heavy (non-hydrogen) atoms. The van der Waals surface area contributed by atoms with E-state index < -0.39 is 0 Å². The van der Waals surface area contributed by atoms with Crippen molar-refractivity contribution in [2.45, 2.75) is 25.4 Å². The number of nitrogens with two attached hydrogens (primary N) is 1. The van der Waals surface area contributed by atoms with Crippen LogP contribution in [0.2, 0.25) is 0 Å². The van der Waals surface area contributed by atoms with Gasteiger partial charge in [-0.3, -0.25) is 9.69 Å². The van der Waals surface area contributed by atoms with Gasteiger partial charge < -0.3 is 11.1 Å². The molecule has 0 spiro atoms. The monoisotopic (exact) mass is 295 g/mol.